The number of urea groups is 1. The number of cyclic esters (lactones) is 1. The molecule has 0 aliphatic carbocycles. The van der Waals surface area contributed by atoms with Gasteiger partial charge in [0.15, 0.2) is 0 Å². The number of nitrogens with one attached hydrogen (secondary N) is 2. The summed E-state index contributed by atoms with van der Waals surface area (Å²) in [4.78, 5) is 22.6. The third kappa shape index (κ3) is 3.10. The summed E-state index contributed by atoms with van der Waals surface area (Å²) in [6.07, 6.45) is -0.547. The molecule has 1 heterocycles. The van der Waals surface area contributed by atoms with Crippen LogP contribution in [0.25, 0.3) is 0 Å². The quantitative estimate of drug-likeness (QED) is 0.877. The molecule has 0 saturated carbocycles. The summed E-state index contributed by atoms with van der Waals surface area (Å²) in [5.41, 5.74) is 3.02. The van der Waals surface area contributed by atoms with Crippen LogP contribution in [-0.4, -0.2) is 30.3 Å². The number of nitrogens with zero attached hydrogens (tertiary/aromatic N) is 1. The van der Waals surface area contributed by atoms with E-state index < -0.39 is 12.1 Å². The van der Waals surface area contributed by atoms with E-state index in [1.165, 1.54) is 0 Å². The van der Waals surface area contributed by atoms with Gasteiger partial charge in [0.05, 0.1) is 6.54 Å². The van der Waals surface area contributed by atoms with Crippen molar-refractivity contribution in [2.24, 2.45) is 0 Å². The van der Waals surface area contributed by atoms with Gasteiger partial charge in [-0.1, -0.05) is 22.0 Å². The molecule has 0 unspecified atom stereocenters. The van der Waals surface area contributed by atoms with Gasteiger partial charge in [-0.15, -0.1) is 0 Å². The molecule has 0 spiro atoms. The van der Waals surface area contributed by atoms with Gasteiger partial charge in [0, 0.05) is 10.2 Å². The highest BCUT2D eigenvalue weighted by Crippen LogP contribution is 2.15. The molecule has 0 radical (unpaired) electrons. The molecule has 0 atom stereocenters. The molecule has 0 aromatic heterocycles. The van der Waals surface area contributed by atoms with Crippen LogP contribution in [-0.2, 0) is 4.74 Å². The Morgan fingerprint density at radius 3 is 2.94 bits per heavy atom. The zero-order valence-electron chi connectivity index (χ0n) is 8.77. The highest BCUT2D eigenvalue weighted by molar-refractivity contribution is 9.10. The standard InChI is InChI=1S/C10H10BrN3O3/c11-7-2-1-3-8(6-7)12-9(15)13-14-4-5-17-10(14)16/h1-3,6H,4-5H2,(H2,12,13,15). The van der Waals surface area contributed by atoms with Gasteiger partial charge in [0.25, 0.3) is 0 Å². The zero-order chi connectivity index (χ0) is 12.3. The van der Waals surface area contributed by atoms with E-state index in [1.807, 2.05) is 6.07 Å². The van der Waals surface area contributed by atoms with Gasteiger partial charge in [0.2, 0.25) is 0 Å². The average Bonchev–Trinajstić information content (AvgIpc) is 2.64. The number of benzene rings is 1. The van der Waals surface area contributed by atoms with Crippen molar-refractivity contribution in [2.45, 2.75) is 0 Å². The lowest BCUT2D eigenvalue weighted by atomic mass is 10.3. The molecule has 1 aromatic rings. The molecular weight excluding hydrogens is 290 g/mol. The minimum absolute atomic E-state index is 0.288. The van der Waals surface area contributed by atoms with Crippen molar-refractivity contribution in [3.63, 3.8) is 0 Å². The summed E-state index contributed by atoms with van der Waals surface area (Å²) in [7, 11) is 0. The molecule has 1 aromatic carbocycles. The Morgan fingerprint density at radius 1 is 1.47 bits per heavy atom. The minimum Gasteiger partial charge on any atom is -0.446 e. The van der Waals surface area contributed by atoms with E-state index in [9.17, 15) is 9.59 Å². The van der Waals surface area contributed by atoms with Crippen LogP contribution in [0.15, 0.2) is 28.7 Å². The maximum atomic E-state index is 11.5. The monoisotopic (exact) mass is 299 g/mol. The van der Waals surface area contributed by atoms with Crippen LogP contribution in [0.4, 0.5) is 15.3 Å². The number of amides is 3. The van der Waals surface area contributed by atoms with E-state index in [4.69, 9.17) is 0 Å². The van der Waals surface area contributed by atoms with Gasteiger partial charge < -0.3 is 10.1 Å². The Hall–Kier alpha value is -1.76. The van der Waals surface area contributed by atoms with Crippen LogP contribution in [0, 0.1) is 0 Å². The van der Waals surface area contributed by atoms with Crippen LogP contribution >= 0.6 is 15.9 Å². The Morgan fingerprint density at radius 2 is 2.29 bits per heavy atom. The highest BCUT2D eigenvalue weighted by atomic mass is 79.9. The SMILES string of the molecule is O=C(Nc1cccc(Br)c1)NN1CCOC1=O. The second kappa shape index (κ2) is 5.05. The summed E-state index contributed by atoms with van der Waals surface area (Å²) < 4.78 is 5.53. The fourth-order valence-corrected chi connectivity index (χ4v) is 1.74. The van der Waals surface area contributed by atoms with Gasteiger partial charge >= 0.3 is 12.1 Å². The summed E-state index contributed by atoms with van der Waals surface area (Å²) in [5, 5.41) is 3.72. The lowest BCUT2D eigenvalue weighted by Gasteiger charge is -2.14. The van der Waals surface area contributed by atoms with Crippen LogP contribution in [0.2, 0.25) is 0 Å². The lowest BCUT2D eigenvalue weighted by Crippen LogP contribution is -2.44. The van der Waals surface area contributed by atoms with Crippen molar-refractivity contribution < 1.29 is 14.3 Å². The molecule has 1 fully saturated rings. The van der Waals surface area contributed by atoms with E-state index in [0.29, 0.717) is 12.2 Å². The molecule has 1 saturated heterocycles. The molecule has 2 N–H and O–H groups in total. The maximum Gasteiger partial charge on any atom is 0.428 e. The molecule has 1 aliphatic heterocycles. The van der Waals surface area contributed by atoms with E-state index in [0.717, 1.165) is 9.48 Å². The number of hydrogen-bond donors (Lipinski definition) is 2. The number of carbonyl (C=O) groups is 2. The average molecular weight is 300 g/mol. The maximum absolute atomic E-state index is 11.5. The molecular formula is C10H10BrN3O3. The first-order valence-corrected chi connectivity index (χ1v) is 5.72. The van der Waals surface area contributed by atoms with Crippen molar-refractivity contribution in [1.82, 2.24) is 10.4 Å². The number of anilines is 1. The Labute approximate surface area is 106 Å². The summed E-state index contributed by atoms with van der Waals surface area (Å²) in [6.45, 7) is 0.640. The van der Waals surface area contributed by atoms with Gasteiger partial charge in [-0.3, -0.25) is 0 Å². The van der Waals surface area contributed by atoms with Gasteiger partial charge in [-0.05, 0) is 18.2 Å². The Balaban J connectivity index is 1.91. The topological polar surface area (TPSA) is 70.7 Å². The van der Waals surface area contributed by atoms with E-state index in [2.05, 4.69) is 31.4 Å². The predicted octanol–water partition coefficient (Wildman–Crippen LogP) is 1.94. The van der Waals surface area contributed by atoms with Crippen LogP contribution in [0.1, 0.15) is 0 Å². The second-order valence-corrected chi connectivity index (χ2v) is 4.26. The molecule has 17 heavy (non-hydrogen) atoms. The van der Waals surface area contributed by atoms with E-state index >= 15 is 0 Å². The third-order valence-corrected chi connectivity index (χ3v) is 2.57. The van der Waals surface area contributed by atoms with E-state index in [-0.39, 0.29) is 6.61 Å². The van der Waals surface area contributed by atoms with Crippen molar-refractivity contribution in [3.05, 3.63) is 28.7 Å². The largest absolute Gasteiger partial charge is 0.446 e. The zero-order valence-corrected chi connectivity index (χ0v) is 10.4. The molecule has 3 amide bonds. The molecule has 6 nitrogen and oxygen atoms in total. The smallest absolute Gasteiger partial charge is 0.428 e. The minimum atomic E-state index is -0.547. The van der Waals surface area contributed by atoms with Crippen molar-refractivity contribution >= 4 is 33.7 Å². The number of halogens is 1. The number of rotatable bonds is 2. The molecule has 2 rings (SSSR count). The number of ether oxygens (including phenoxy) is 1. The molecule has 90 valence electrons. The lowest BCUT2D eigenvalue weighted by molar-refractivity contribution is 0.147. The van der Waals surface area contributed by atoms with E-state index in [1.54, 1.807) is 18.2 Å². The Bertz CT molecular complexity index is 452. The first-order valence-electron chi connectivity index (χ1n) is 4.92. The predicted molar refractivity (Wildman–Crippen MR) is 64.4 cm³/mol. The highest BCUT2D eigenvalue weighted by Gasteiger charge is 2.23. The molecule has 0 bridgehead atoms. The third-order valence-electron chi connectivity index (χ3n) is 2.08. The van der Waals surface area contributed by atoms with Gasteiger partial charge in [-0.2, -0.15) is 0 Å². The second-order valence-electron chi connectivity index (χ2n) is 3.34. The molecule has 1 aliphatic rings. The van der Waals surface area contributed by atoms with Crippen LogP contribution in [0.3, 0.4) is 0 Å². The number of hydrogen-bond acceptors (Lipinski definition) is 3. The van der Waals surface area contributed by atoms with Crippen LogP contribution in [0.5, 0.6) is 0 Å². The number of hydrazine groups is 1. The summed E-state index contributed by atoms with van der Waals surface area (Å²) in [5.74, 6) is 0. The summed E-state index contributed by atoms with van der Waals surface area (Å²) >= 11 is 3.29. The summed E-state index contributed by atoms with van der Waals surface area (Å²) in [6, 6.07) is 6.65. The normalized spacial score (nSPS) is 14.4. The Kier molecular flexibility index (Phi) is 3.48. The number of carbonyl (C=O) groups excluding carboxylic acids is 2. The fourth-order valence-electron chi connectivity index (χ4n) is 1.34. The molecule has 7 heteroatoms. The van der Waals surface area contributed by atoms with Crippen molar-refractivity contribution in [2.75, 3.05) is 18.5 Å². The van der Waals surface area contributed by atoms with Gasteiger partial charge in [-0.25, -0.2) is 20.0 Å². The van der Waals surface area contributed by atoms with Crippen molar-refractivity contribution in [3.8, 4) is 0 Å². The first kappa shape index (κ1) is 11.7. The first-order chi connectivity index (χ1) is 8.15. The van der Waals surface area contributed by atoms with Gasteiger partial charge in [0.1, 0.15) is 6.61 Å². The van der Waals surface area contributed by atoms with Crippen LogP contribution < -0.4 is 10.7 Å². The fraction of sp³-hybridized carbons (Fsp3) is 0.200. The van der Waals surface area contributed by atoms with Crippen molar-refractivity contribution in [1.29, 1.82) is 0 Å².